The fourth-order valence-electron chi connectivity index (χ4n) is 5.73. The number of pyridine rings is 3. The molecule has 22 nitrogen and oxygen atoms in total. The summed E-state index contributed by atoms with van der Waals surface area (Å²) in [5.74, 6) is -4.85. The number of methoxy groups -OCH3 is 3. The fraction of sp³-hybridized carbons (Fsp3) is 0.500. The molecule has 0 aliphatic heterocycles. The van der Waals surface area contributed by atoms with Gasteiger partial charge >= 0.3 is 17.9 Å². The zero-order chi connectivity index (χ0) is 47.2. The van der Waals surface area contributed by atoms with Crippen LogP contribution in [0.2, 0.25) is 0 Å². The molecule has 0 radical (unpaired) electrons. The van der Waals surface area contributed by atoms with E-state index in [0.29, 0.717) is 19.3 Å². The first-order valence-electron chi connectivity index (χ1n) is 20.8. The third-order valence-corrected chi connectivity index (χ3v) is 9.33. The summed E-state index contributed by atoms with van der Waals surface area (Å²) in [4.78, 5) is 135. The number of hydrogen-bond acceptors (Lipinski definition) is 16. The summed E-state index contributed by atoms with van der Waals surface area (Å²) in [6, 6.07) is 7.25. The number of nitrogens with zero attached hydrogens (tertiary/aromatic N) is 4. The number of hydrogen-bond donors (Lipinski definition) is 3. The second-order valence-electron chi connectivity index (χ2n) is 13.8. The minimum Gasteiger partial charge on any atom is -0.465 e. The van der Waals surface area contributed by atoms with Gasteiger partial charge in [-0.2, -0.15) is 0 Å². The summed E-state index contributed by atoms with van der Waals surface area (Å²) in [5.41, 5.74) is -4.21. The van der Waals surface area contributed by atoms with Gasteiger partial charge in [0.1, 0.15) is 53.6 Å². The van der Waals surface area contributed by atoms with Crippen molar-refractivity contribution in [3.63, 3.8) is 0 Å². The van der Waals surface area contributed by atoms with E-state index in [1.54, 1.807) is 4.90 Å². The van der Waals surface area contributed by atoms with E-state index < -0.39 is 52.3 Å². The second-order valence-corrected chi connectivity index (χ2v) is 13.8. The van der Waals surface area contributed by atoms with Crippen molar-refractivity contribution in [1.29, 1.82) is 0 Å². The molecular weight excluding hydrogens is 842 g/mol. The van der Waals surface area contributed by atoms with Crippen LogP contribution in [0.5, 0.6) is 0 Å². The lowest BCUT2D eigenvalue weighted by Gasteiger charge is -2.23. The van der Waals surface area contributed by atoms with Gasteiger partial charge in [-0.1, -0.05) is 40.0 Å². The molecule has 3 heterocycles. The highest BCUT2D eigenvalue weighted by atomic mass is 16.7. The number of unbranched alkanes of at least 4 members (excludes halogenated alkanes) is 3. The Bertz CT molecular complexity index is 2030. The number of ether oxygens (including phenoxy) is 3. The fourth-order valence-corrected chi connectivity index (χ4v) is 5.73. The predicted octanol–water partition coefficient (Wildman–Crippen LogP) is 0.109. The minimum absolute atomic E-state index is 0.0256. The lowest BCUT2D eigenvalue weighted by molar-refractivity contribution is 0.0569. The van der Waals surface area contributed by atoms with Crippen molar-refractivity contribution in [1.82, 2.24) is 35.0 Å². The molecule has 22 heteroatoms. The Morgan fingerprint density at radius 2 is 0.734 bits per heavy atom. The Balaban J connectivity index is 1.85. The molecule has 0 saturated carbocycles. The molecule has 3 N–H and O–H groups in total. The zero-order valence-electron chi connectivity index (χ0n) is 37.0. The predicted molar refractivity (Wildman–Crippen MR) is 229 cm³/mol. The van der Waals surface area contributed by atoms with Crippen LogP contribution in [-0.2, 0) is 14.2 Å². The maximum Gasteiger partial charge on any atom is 0.343 e. The van der Waals surface area contributed by atoms with Gasteiger partial charge in [-0.05, 0) is 55.7 Å². The van der Waals surface area contributed by atoms with Gasteiger partial charge in [-0.15, -0.1) is 14.2 Å². The number of amides is 3. The summed E-state index contributed by atoms with van der Waals surface area (Å²) in [6.45, 7) is 6.25. The van der Waals surface area contributed by atoms with E-state index in [1.165, 1.54) is 18.2 Å². The Hall–Kier alpha value is -6.97. The van der Waals surface area contributed by atoms with Gasteiger partial charge in [0.05, 0.1) is 21.3 Å². The van der Waals surface area contributed by atoms with Crippen LogP contribution in [0.1, 0.15) is 122 Å². The average Bonchev–Trinajstić information content (AvgIpc) is 3.29. The number of carbonyl (C=O) groups is 6. The maximum absolute atomic E-state index is 13.4. The SMILES string of the molecule is CCCCOn1c(C(=O)NCCN(CCNC(=O)c2ccc(C(=O)OC)c(=O)n2OCCCC)CCNC(=O)c2ccc(C(=O)OC)c(=O)n2OCCCC)ccc(C(=O)OC)c1=O. The smallest absolute Gasteiger partial charge is 0.343 e. The molecule has 0 bridgehead atoms. The second kappa shape index (κ2) is 26.5. The van der Waals surface area contributed by atoms with Crippen molar-refractivity contribution < 1.29 is 57.5 Å². The lowest BCUT2D eigenvalue weighted by atomic mass is 10.2. The van der Waals surface area contributed by atoms with Crippen LogP contribution in [0, 0.1) is 0 Å². The first kappa shape index (κ1) is 51.4. The highest BCUT2D eigenvalue weighted by Crippen LogP contribution is 2.05. The molecule has 0 fully saturated rings. The first-order valence-corrected chi connectivity index (χ1v) is 20.8. The molecule has 64 heavy (non-hydrogen) atoms. The number of esters is 3. The molecule has 0 unspecified atom stereocenters. The third kappa shape index (κ3) is 14.0. The van der Waals surface area contributed by atoms with Gasteiger partial charge in [0, 0.05) is 39.3 Å². The van der Waals surface area contributed by atoms with Crippen LogP contribution >= 0.6 is 0 Å². The highest BCUT2D eigenvalue weighted by molar-refractivity contribution is 5.96. The molecule has 3 aromatic rings. The van der Waals surface area contributed by atoms with Gasteiger partial charge in [-0.25, -0.2) is 14.4 Å². The average molecular weight is 900 g/mol. The minimum atomic E-state index is -0.907. The van der Waals surface area contributed by atoms with Gasteiger partial charge in [0.25, 0.3) is 34.4 Å². The standard InChI is InChI=1S/C42H57N7O15/c1-7-10-25-62-47-31(16-13-28(37(47)53)40(56)59-4)34(50)43-19-22-46(23-20-44-35(51)32-17-14-29(41(57)60-5)38(54)48(32)63-26-11-8-2)24-21-45-36(52)33-18-15-30(42(58)61-6)39(55)49(33)64-27-12-9-3/h13-18H,7-12,19-27H2,1-6H3,(H,43,50)(H,44,51)(H,45,52). The monoisotopic (exact) mass is 899 g/mol. The summed E-state index contributed by atoms with van der Waals surface area (Å²) in [6.07, 6.45) is 3.86. The molecule has 0 aliphatic rings. The normalized spacial score (nSPS) is 10.7. The van der Waals surface area contributed by atoms with E-state index in [2.05, 4.69) is 30.2 Å². The molecule has 3 aromatic heterocycles. The maximum atomic E-state index is 13.4. The van der Waals surface area contributed by atoms with Crippen molar-refractivity contribution in [3.05, 3.63) is 101 Å². The summed E-state index contributed by atoms with van der Waals surface area (Å²) in [5, 5.41) is 8.16. The number of nitrogens with one attached hydrogen (secondary N) is 3. The molecule has 0 saturated heterocycles. The third-order valence-electron chi connectivity index (χ3n) is 9.33. The van der Waals surface area contributed by atoms with Crippen molar-refractivity contribution in [2.45, 2.75) is 59.3 Å². The van der Waals surface area contributed by atoms with Gasteiger partial charge < -0.3 is 44.7 Å². The largest absolute Gasteiger partial charge is 0.465 e. The molecular formula is C42H57N7O15. The van der Waals surface area contributed by atoms with E-state index in [0.717, 1.165) is 73.0 Å². The van der Waals surface area contributed by atoms with Crippen molar-refractivity contribution in [3.8, 4) is 0 Å². The first-order chi connectivity index (χ1) is 30.8. The number of rotatable bonds is 27. The Kier molecular flexibility index (Phi) is 21.3. The van der Waals surface area contributed by atoms with E-state index in [1.807, 2.05) is 20.8 Å². The van der Waals surface area contributed by atoms with Crippen LogP contribution in [0.3, 0.4) is 0 Å². The topological polar surface area (TPSA) is 263 Å². The number of carbonyl (C=O) groups excluding carboxylic acids is 6. The Labute approximate surface area is 368 Å². The van der Waals surface area contributed by atoms with Gasteiger partial charge in [-0.3, -0.25) is 33.7 Å². The Morgan fingerprint density at radius 3 is 0.969 bits per heavy atom. The van der Waals surface area contributed by atoms with Crippen molar-refractivity contribution in [2.75, 3.05) is 80.4 Å². The molecule has 3 amide bonds. The molecule has 0 spiro atoms. The molecule has 0 atom stereocenters. The zero-order valence-corrected chi connectivity index (χ0v) is 37.0. The van der Waals surface area contributed by atoms with E-state index in [4.69, 9.17) is 14.5 Å². The van der Waals surface area contributed by atoms with Crippen molar-refractivity contribution in [2.24, 2.45) is 0 Å². The van der Waals surface area contributed by atoms with Gasteiger partial charge in [0.15, 0.2) is 0 Å². The quantitative estimate of drug-likeness (QED) is 0.0521. The highest BCUT2D eigenvalue weighted by Gasteiger charge is 2.24. The van der Waals surface area contributed by atoms with E-state index in [-0.39, 0.29) is 92.9 Å². The number of aromatic nitrogens is 3. The van der Waals surface area contributed by atoms with E-state index in [9.17, 15) is 43.2 Å². The molecule has 0 aliphatic carbocycles. The van der Waals surface area contributed by atoms with Crippen LogP contribution in [-0.4, -0.2) is 135 Å². The van der Waals surface area contributed by atoms with Crippen molar-refractivity contribution >= 4 is 35.6 Å². The van der Waals surface area contributed by atoms with Crippen LogP contribution < -0.4 is 47.1 Å². The molecule has 0 aromatic carbocycles. The van der Waals surface area contributed by atoms with Crippen LogP contribution in [0.4, 0.5) is 0 Å². The lowest BCUT2D eigenvalue weighted by Crippen LogP contribution is -2.45. The summed E-state index contributed by atoms with van der Waals surface area (Å²) in [7, 11) is 3.35. The van der Waals surface area contributed by atoms with Crippen LogP contribution in [0.25, 0.3) is 0 Å². The summed E-state index contributed by atoms with van der Waals surface area (Å²) >= 11 is 0. The molecule has 3 rings (SSSR count). The Morgan fingerprint density at radius 1 is 0.469 bits per heavy atom. The van der Waals surface area contributed by atoms with E-state index >= 15 is 0 Å². The molecule has 350 valence electrons. The van der Waals surface area contributed by atoms with Gasteiger partial charge in [0.2, 0.25) is 0 Å². The van der Waals surface area contributed by atoms with Crippen LogP contribution in [0.15, 0.2) is 50.8 Å². The summed E-state index contributed by atoms with van der Waals surface area (Å²) < 4.78 is 16.3.